The third kappa shape index (κ3) is 4.71. The quantitative estimate of drug-likeness (QED) is 0.772. The molecule has 5 heteroatoms. The molecule has 0 atom stereocenters. The van der Waals surface area contributed by atoms with Gasteiger partial charge in [-0.2, -0.15) is 0 Å². The monoisotopic (exact) mass is 331 g/mol. The van der Waals surface area contributed by atoms with Crippen molar-refractivity contribution in [3.8, 4) is 0 Å². The Morgan fingerprint density at radius 3 is 2.67 bits per heavy atom. The van der Waals surface area contributed by atoms with Gasteiger partial charge in [0.25, 0.3) is 0 Å². The molecule has 0 bridgehead atoms. The van der Waals surface area contributed by atoms with Gasteiger partial charge in [0.15, 0.2) is 0 Å². The zero-order valence-electron chi connectivity index (χ0n) is 14.3. The highest BCUT2D eigenvalue weighted by atomic mass is 16.3. The van der Waals surface area contributed by atoms with Crippen molar-refractivity contribution in [2.45, 2.75) is 44.7 Å². The van der Waals surface area contributed by atoms with Crippen molar-refractivity contribution in [2.75, 3.05) is 26.2 Å². The second-order valence-corrected chi connectivity index (χ2v) is 7.10. The van der Waals surface area contributed by atoms with Crippen molar-refractivity contribution < 1.29 is 9.90 Å². The largest absolute Gasteiger partial charge is 0.396 e. The van der Waals surface area contributed by atoms with Gasteiger partial charge >= 0.3 is 6.03 Å². The van der Waals surface area contributed by atoms with E-state index in [2.05, 4.69) is 39.8 Å². The number of urea groups is 1. The number of benzene rings is 1. The van der Waals surface area contributed by atoms with E-state index in [1.54, 1.807) is 0 Å². The van der Waals surface area contributed by atoms with E-state index < -0.39 is 0 Å². The first-order valence-electron chi connectivity index (χ1n) is 9.19. The minimum absolute atomic E-state index is 0.0557. The van der Waals surface area contributed by atoms with Crippen molar-refractivity contribution >= 4 is 6.03 Å². The minimum atomic E-state index is -0.0557. The third-order valence-electron chi connectivity index (χ3n) is 5.36. The molecule has 0 saturated heterocycles. The number of carbonyl (C=O) groups is 1. The Hall–Kier alpha value is -1.59. The van der Waals surface area contributed by atoms with Crippen LogP contribution in [0.4, 0.5) is 4.79 Å². The standard InChI is InChI=1S/C19H29N3O2/c23-14-15-5-7-18(8-6-15)21-19(24)20-10-12-22-11-9-16-3-1-2-4-17(16)13-22/h1-4,15,18,23H,5-14H2,(H2,20,21,24). The van der Waals surface area contributed by atoms with Gasteiger partial charge < -0.3 is 15.7 Å². The Bertz CT molecular complexity index is 541. The predicted molar refractivity (Wildman–Crippen MR) is 94.8 cm³/mol. The van der Waals surface area contributed by atoms with Gasteiger partial charge in [0, 0.05) is 38.8 Å². The number of rotatable bonds is 5. The maximum Gasteiger partial charge on any atom is 0.315 e. The van der Waals surface area contributed by atoms with Crippen LogP contribution in [0.3, 0.4) is 0 Å². The van der Waals surface area contributed by atoms with Gasteiger partial charge in [0.1, 0.15) is 0 Å². The van der Waals surface area contributed by atoms with E-state index in [9.17, 15) is 4.79 Å². The van der Waals surface area contributed by atoms with Crippen LogP contribution in [-0.2, 0) is 13.0 Å². The zero-order valence-corrected chi connectivity index (χ0v) is 14.3. The van der Waals surface area contributed by atoms with Crippen LogP contribution in [0.2, 0.25) is 0 Å². The number of nitrogens with one attached hydrogen (secondary N) is 2. The molecule has 1 aromatic carbocycles. The summed E-state index contributed by atoms with van der Waals surface area (Å²) in [5, 5.41) is 15.2. The van der Waals surface area contributed by atoms with E-state index in [0.717, 1.165) is 51.7 Å². The second kappa shape index (κ2) is 8.49. The number of hydrogen-bond acceptors (Lipinski definition) is 3. The summed E-state index contributed by atoms with van der Waals surface area (Å²) in [5.41, 5.74) is 2.87. The number of fused-ring (bicyclic) bond motifs is 1. The third-order valence-corrected chi connectivity index (χ3v) is 5.36. The maximum absolute atomic E-state index is 12.0. The normalized spacial score (nSPS) is 24.2. The highest BCUT2D eigenvalue weighted by Gasteiger charge is 2.22. The topological polar surface area (TPSA) is 64.6 Å². The number of carbonyl (C=O) groups excluding carboxylic acids is 1. The molecule has 1 fully saturated rings. The second-order valence-electron chi connectivity index (χ2n) is 7.10. The molecule has 3 N–H and O–H groups in total. The first kappa shape index (κ1) is 17.2. The Morgan fingerprint density at radius 2 is 1.92 bits per heavy atom. The molecule has 1 aromatic rings. The lowest BCUT2D eigenvalue weighted by atomic mass is 9.87. The summed E-state index contributed by atoms with van der Waals surface area (Å²) in [7, 11) is 0. The van der Waals surface area contributed by atoms with Gasteiger partial charge in [-0.15, -0.1) is 0 Å². The molecule has 0 radical (unpaired) electrons. The van der Waals surface area contributed by atoms with E-state index in [1.807, 2.05) is 0 Å². The summed E-state index contributed by atoms with van der Waals surface area (Å²) < 4.78 is 0. The van der Waals surface area contributed by atoms with E-state index >= 15 is 0 Å². The van der Waals surface area contributed by atoms with E-state index in [1.165, 1.54) is 11.1 Å². The summed E-state index contributed by atoms with van der Waals surface area (Å²) in [5.74, 6) is 0.424. The van der Waals surface area contributed by atoms with Gasteiger partial charge in [-0.1, -0.05) is 24.3 Å². The summed E-state index contributed by atoms with van der Waals surface area (Å²) in [6.45, 7) is 3.88. The molecular weight excluding hydrogens is 302 g/mol. The summed E-state index contributed by atoms with van der Waals surface area (Å²) >= 11 is 0. The van der Waals surface area contributed by atoms with E-state index in [0.29, 0.717) is 12.5 Å². The smallest absolute Gasteiger partial charge is 0.315 e. The van der Waals surface area contributed by atoms with Gasteiger partial charge in [0.2, 0.25) is 0 Å². The fraction of sp³-hybridized carbons (Fsp3) is 0.632. The maximum atomic E-state index is 12.0. The molecule has 3 rings (SSSR count). The first-order valence-corrected chi connectivity index (χ1v) is 9.19. The number of nitrogens with zero attached hydrogens (tertiary/aromatic N) is 1. The lowest BCUT2D eigenvalue weighted by Gasteiger charge is -2.29. The van der Waals surface area contributed by atoms with Crippen LogP contribution in [-0.4, -0.2) is 48.3 Å². The molecule has 132 valence electrons. The molecule has 1 saturated carbocycles. The fourth-order valence-electron chi connectivity index (χ4n) is 3.80. The zero-order chi connectivity index (χ0) is 16.8. The van der Waals surface area contributed by atoms with Crippen LogP contribution in [0.5, 0.6) is 0 Å². The van der Waals surface area contributed by atoms with Crippen molar-refractivity contribution in [1.29, 1.82) is 0 Å². The molecule has 2 amide bonds. The van der Waals surface area contributed by atoms with Gasteiger partial charge in [-0.25, -0.2) is 4.79 Å². The van der Waals surface area contributed by atoms with Gasteiger partial charge in [-0.05, 0) is 49.1 Å². The molecule has 0 spiro atoms. The van der Waals surface area contributed by atoms with Gasteiger partial charge in [0.05, 0.1) is 0 Å². The average molecular weight is 331 g/mol. The Balaban J connectivity index is 1.33. The molecule has 2 aliphatic rings. The number of hydrogen-bond donors (Lipinski definition) is 3. The van der Waals surface area contributed by atoms with Crippen LogP contribution < -0.4 is 10.6 Å². The lowest BCUT2D eigenvalue weighted by Crippen LogP contribution is -2.46. The van der Waals surface area contributed by atoms with Crippen LogP contribution >= 0.6 is 0 Å². The molecule has 0 aromatic heterocycles. The molecule has 1 heterocycles. The van der Waals surface area contributed by atoms with Gasteiger partial charge in [-0.3, -0.25) is 4.90 Å². The lowest BCUT2D eigenvalue weighted by molar-refractivity contribution is 0.174. The average Bonchev–Trinajstić information content (AvgIpc) is 2.62. The van der Waals surface area contributed by atoms with Crippen LogP contribution in [0.15, 0.2) is 24.3 Å². The Kier molecular flexibility index (Phi) is 6.10. The summed E-state index contributed by atoms with van der Waals surface area (Å²) in [6.07, 6.45) is 5.06. The summed E-state index contributed by atoms with van der Waals surface area (Å²) in [6, 6.07) is 8.82. The molecular formula is C19H29N3O2. The van der Waals surface area contributed by atoms with E-state index in [-0.39, 0.29) is 18.7 Å². The molecule has 1 aliphatic carbocycles. The van der Waals surface area contributed by atoms with Crippen molar-refractivity contribution in [3.63, 3.8) is 0 Å². The Morgan fingerprint density at radius 1 is 1.17 bits per heavy atom. The SMILES string of the molecule is O=C(NCCN1CCc2ccccc2C1)NC1CCC(CO)CC1. The predicted octanol–water partition coefficient (Wildman–Crippen LogP) is 1.89. The Labute approximate surface area is 144 Å². The number of amides is 2. The first-order chi connectivity index (χ1) is 11.7. The van der Waals surface area contributed by atoms with Crippen LogP contribution in [0, 0.1) is 5.92 Å². The highest BCUT2D eigenvalue weighted by Crippen LogP contribution is 2.23. The van der Waals surface area contributed by atoms with Crippen LogP contribution in [0.25, 0.3) is 0 Å². The highest BCUT2D eigenvalue weighted by molar-refractivity contribution is 5.74. The molecule has 5 nitrogen and oxygen atoms in total. The van der Waals surface area contributed by atoms with Crippen molar-refractivity contribution in [2.24, 2.45) is 5.92 Å². The summed E-state index contributed by atoms with van der Waals surface area (Å²) in [4.78, 5) is 14.4. The minimum Gasteiger partial charge on any atom is -0.396 e. The number of aliphatic hydroxyl groups excluding tert-OH is 1. The van der Waals surface area contributed by atoms with Crippen LogP contribution in [0.1, 0.15) is 36.8 Å². The fourth-order valence-corrected chi connectivity index (χ4v) is 3.80. The molecule has 1 aliphatic heterocycles. The molecule has 0 unspecified atom stereocenters. The van der Waals surface area contributed by atoms with E-state index in [4.69, 9.17) is 5.11 Å². The molecule has 24 heavy (non-hydrogen) atoms. The van der Waals surface area contributed by atoms with Crippen molar-refractivity contribution in [1.82, 2.24) is 15.5 Å². The van der Waals surface area contributed by atoms with Crippen molar-refractivity contribution in [3.05, 3.63) is 35.4 Å². The number of aliphatic hydroxyl groups is 1.